The fourth-order valence-electron chi connectivity index (χ4n) is 7.60. The summed E-state index contributed by atoms with van der Waals surface area (Å²) in [5.41, 5.74) is 11.3. The van der Waals surface area contributed by atoms with Crippen molar-refractivity contribution in [2.24, 2.45) is 0 Å². The van der Waals surface area contributed by atoms with Crippen LogP contribution in [0.2, 0.25) is 0 Å². The zero-order valence-electron chi connectivity index (χ0n) is 27.0. The maximum absolute atomic E-state index is 2.56. The van der Waals surface area contributed by atoms with Gasteiger partial charge in [-0.2, -0.15) is 0 Å². The van der Waals surface area contributed by atoms with Crippen molar-refractivity contribution in [3.8, 4) is 0 Å². The molecule has 1 atom stereocenters. The molecule has 8 rings (SSSR count). The summed E-state index contributed by atoms with van der Waals surface area (Å²) < 4.78 is 0. The summed E-state index contributed by atoms with van der Waals surface area (Å²) in [5.74, 6) is 0. The molecule has 0 heterocycles. The van der Waals surface area contributed by atoms with Crippen LogP contribution < -0.4 is 9.80 Å². The Hall–Kier alpha value is -5.34. The van der Waals surface area contributed by atoms with Crippen LogP contribution in [-0.4, -0.2) is 6.04 Å². The van der Waals surface area contributed by atoms with Gasteiger partial charge in [0.25, 0.3) is 0 Å². The van der Waals surface area contributed by atoms with Gasteiger partial charge in [-0.3, -0.25) is 0 Å². The summed E-state index contributed by atoms with van der Waals surface area (Å²) in [6, 6.07) is 47.3. The topological polar surface area (TPSA) is 6.48 Å². The Morgan fingerprint density at radius 1 is 0.543 bits per heavy atom. The quantitative estimate of drug-likeness (QED) is 0.177. The first-order valence-electron chi connectivity index (χ1n) is 16.3. The van der Waals surface area contributed by atoms with E-state index in [2.05, 4.69) is 177 Å². The molecule has 1 unspecified atom stereocenters. The van der Waals surface area contributed by atoms with Crippen molar-refractivity contribution in [1.82, 2.24) is 0 Å². The van der Waals surface area contributed by atoms with Gasteiger partial charge in [-0.25, -0.2) is 0 Å². The number of anilines is 5. The molecule has 2 heteroatoms. The summed E-state index contributed by atoms with van der Waals surface area (Å²) in [5, 5.41) is 7.73. The van der Waals surface area contributed by atoms with Gasteiger partial charge in [-0.15, -0.1) is 0 Å². The monoisotopic (exact) mass is 594 g/mol. The van der Waals surface area contributed by atoms with Crippen molar-refractivity contribution in [3.63, 3.8) is 0 Å². The van der Waals surface area contributed by atoms with Crippen molar-refractivity contribution < 1.29 is 0 Å². The zero-order chi connectivity index (χ0) is 31.4. The van der Waals surface area contributed by atoms with E-state index in [4.69, 9.17) is 0 Å². The van der Waals surface area contributed by atoms with E-state index in [9.17, 15) is 0 Å². The second kappa shape index (κ2) is 11.2. The third kappa shape index (κ3) is 4.64. The largest absolute Gasteiger partial charge is 0.333 e. The Labute approximate surface area is 271 Å². The highest BCUT2D eigenvalue weighted by Gasteiger charge is 2.26. The molecule has 0 fully saturated rings. The van der Waals surface area contributed by atoms with Crippen molar-refractivity contribution in [3.05, 3.63) is 162 Å². The van der Waals surface area contributed by atoms with Crippen LogP contribution in [0, 0.1) is 13.8 Å². The highest BCUT2D eigenvalue weighted by atomic mass is 15.2. The molecule has 46 heavy (non-hydrogen) atoms. The first-order valence-corrected chi connectivity index (χ1v) is 16.3. The molecular weight excluding hydrogens is 556 g/mol. The number of benzene rings is 7. The number of hydrogen-bond donors (Lipinski definition) is 0. The predicted molar refractivity (Wildman–Crippen MR) is 199 cm³/mol. The minimum Gasteiger partial charge on any atom is -0.333 e. The predicted octanol–water partition coefficient (Wildman–Crippen LogP) is 12.5. The molecule has 0 aromatic heterocycles. The van der Waals surface area contributed by atoms with E-state index < -0.39 is 0 Å². The number of rotatable bonds is 6. The van der Waals surface area contributed by atoms with Gasteiger partial charge >= 0.3 is 0 Å². The fraction of sp³-hybridized carbons (Fsp3) is 0.136. The van der Waals surface area contributed by atoms with Gasteiger partial charge in [0.05, 0.1) is 11.7 Å². The maximum Gasteiger partial charge on any atom is 0.0586 e. The second-order valence-electron chi connectivity index (χ2n) is 12.8. The van der Waals surface area contributed by atoms with Crippen molar-refractivity contribution >= 4 is 60.8 Å². The van der Waals surface area contributed by atoms with Crippen LogP contribution >= 0.6 is 0 Å². The number of nitrogens with zero attached hydrogens (tertiary/aromatic N) is 2. The van der Waals surface area contributed by atoms with Crippen LogP contribution in [0.5, 0.6) is 0 Å². The van der Waals surface area contributed by atoms with Crippen LogP contribution in [0.15, 0.2) is 151 Å². The Morgan fingerprint density at radius 2 is 1.11 bits per heavy atom. The highest BCUT2D eigenvalue weighted by molar-refractivity contribution is 6.28. The van der Waals surface area contributed by atoms with Gasteiger partial charge in [0.1, 0.15) is 0 Å². The van der Waals surface area contributed by atoms with E-state index >= 15 is 0 Å². The molecule has 0 bridgehead atoms. The van der Waals surface area contributed by atoms with Gasteiger partial charge in [-0.1, -0.05) is 114 Å². The maximum atomic E-state index is 2.56. The molecule has 224 valence electrons. The number of hydrogen-bond acceptors (Lipinski definition) is 2. The summed E-state index contributed by atoms with van der Waals surface area (Å²) in [6.45, 7) is 8.87. The van der Waals surface area contributed by atoms with Gasteiger partial charge in [0.2, 0.25) is 0 Å². The number of aryl methyl sites for hydroxylation is 2. The van der Waals surface area contributed by atoms with Crippen LogP contribution in [0.3, 0.4) is 0 Å². The minimum absolute atomic E-state index is 0.248. The molecule has 7 aromatic carbocycles. The molecule has 0 saturated heterocycles. The smallest absolute Gasteiger partial charge is 0.0586 e. The molecule has 0 amide bonds. The molecule has 0 N–H and O–H groups in total. The molecule has 7 aromatic rings. The Balaban J connectivity index is 1.40. The average Bonchev–Trinajstić information content (AvgIpc) is 3.07. The lowest BCUT2D eigenvalue weighted by Gasteiger charge is -2.37. The van der Waals surface area contributed by atoms with Crippen LogP contribution in [0.25, 0.3) is 32.3 Å². The summed E-state index contributed by atoms with van der Waals surface area (Å²) in [6.07, 6.45) is 5.70. The average molecular weight is 595 g/mol. The lowest BCUT2D eigenvalue weighted by Crippen LogP contribution is -2.33. The zero-order valence-corrected chi connectivity index (χ0v) is 27.0. The normalized spacial score (nSPS) is 14.9. The minimum atomic E-state index is 0.248. The molecule has 0 spiro atoms. The van der Waals surface area contributed by atoms with Crippen molar-refractivity contribution in [1.29, 1.82) is 0 Å². The van der Waals surface area contributed by atoms with Crippen molar-refractivity contribution in [2.75, 3.05) is 9.80 Å². The van der Waals surface area contributed by atoms with Gasteiger partial charge in [0, 0.05) is 33.5 Å². The molecule has 0 radical (unpaired) electrons. The van der Waals surface area contributed by atoms with E-state index in [0.717, 1.165) is 12.1 Å². The molecule has 0 saturated carbocycles. The van der Waals surface area contributed by atoms with E-state index in [1.165, 1.54) is 77.3 Å². The SMILES string of the molecule is CC1=CCC(N(c2ccccc2)c2ccc3ccc4c(N(c5ccccc5)c5ccc(C)cc5C)ccc5ccc2c3c54)C(C)=C1. The molecule has 0 aliphatic heterocycles. The van der Waals surface area contributed by atoms with Gasteiger partial charge < -0.3 is 9.80 Å². The Bertz CT molecular complexity index is 2280. The molecule has 1 aliphatic carbocycles. The van der Waals surface area contributed by atoms with Crippen LogP contribution in [0.1, 0.15) is 31.4 Å². The van der Waals surface area contributed by atoms with Crippen LogP contribution in [0.4, 0.5) is 28.4 Å². The molecular formula is C44H38N2. The Morgan fingerprint density at radius 3 is 1.74 bits per heavy atom. The first kappa shape index (κ1) is 28.2. The first-order chi connectivity index (χ1) is 22.5. The summed E-state index contributed by atoms with van der Waals surface area (Å²) in [4.78, 5) is 5.00. The Kier molecular flexibility index (Phi) is 6.87. The number of allylic oxidation sites excluding steroid dienone is 2. The molecule has 1 aliphatic rings. The fourth-order valence-corrected chi connectivity index (χ4v) is 7.60. The van der Waals surface area contributed by atoms with E-state index in [1.807, 2.05) is 0 Å². The second-order valence-corrected chi connectivity index (χ2v) is 12.8. The van der Waals surface area contributed by atoms with E-state index in [-0.39, 0.29) is 6.04 Å². The van der Waals surface area contributed by atoms with Crippen LogP contribution in [-0.2, 0) is 0 Å². The third-order valence-electron chi connectivity index (χ3n) is 9.72. The highest BCUT2D eigenvalue weighted by Crippen LogP contribution is 2.47. The van der Waals surface area contributed by atoms with E-state index in [1.54, 1.807) is 0 Å². The van der Waals surface area contributed by atoms with Crippen molar-refractivity contribution in [2.45, 2.75) is 40.2 Å². The van der Waals surface area contributed by atoms with Gasteiger partial charge in [-0.05, 0) is 104 Å². The lowest BCUT2D eigenvalue weighted by molar-refractivity contribution is 0.737. The van der Waals surface area contributed by atoms with Gasteiger partial charge in [0.15, 0.2) is 0 Å². The number of para-hydroxylation sites is 2. The lowest BCUT2D eigenvalue weighted by atomic mass is 9.90. The summed E-state index contributed by atoms with van der Waals surface area (Å²) in [7, 11) is 0. The van der Waals surface area contributed by atoms with E-state index in [0.29, 0.717) is 0 Å². The summed E-state index contributed by atoms with van der Waals surface area (Å²) >= 11 is 0. The standard InChI is InChI=1S/C44H38N2/c1-29-15-23-39(31(3)27-29)45(35-11-7-5-8-12-35)41-25-19-33-18-22-38-42(26-20-34-17-21-37(41)43(33)44(34)38)46(36-13-9-6-10-14-36)40-24-16-30(2)28-32(40)4/h5-23,25-28,40H,24H2,1-4H3. The third-order valence-corrected chi connectivity index (χ3v) is 9.72. The molecule has 2 nitrogen and oxygen atoms in total.